The van der Waals surface area contributed by atoms with Crippen LogP contribution in [0.15, 0.2) is 66.0 Å². The zero-order valence-electron chi connectivity index (χ0n) is 19.1. The van der Waals surface area contributed by atoms with Gasteiger partial charge < -0.3 is 10.1 Å². The Kier molecular flexibility index (Phi) is 5.81. The molecule has 0 saturated heterocycles. The zero-order chi connectivity index (χ0) is 23.7. The van der Waals surface area contributed by atoms with Crippen molar-refractivity contribution in [3.63, 3.8) is 0 Å². The van der Waals surface area contributed by atoms with E-state index in [1.165, 1.54) is 0 Å². The number of hydrogen-bond acceptors (Lipinski definition) is 6. The lowest BCUT2D eigenvalue weighted by atomic mass is 10.1. The predicted molar refractivity (Wildman–Crippen MR) is 134 cm³/mol. The van der Waals surface area contributed by atoms with Crippen LogP contribution in [-0.4, -0.2) is 32.3 Å². The molecule has 0 radical (unpaired) electrons. The fourth-order valence-corrected chi connectivity index (χ4v) is 4.44. The van der Waals surface area contributed by atoms with Gasteiger partial charge >= 0.3 is 0 Å². The van der Waals surface area contributed by atoms with Gasteiger partial charge in [0.05, 0.1) is 10.6 Å². The van der Waals surface area contributed by atoms with Gasteiger partial charge in [-0.2, -0.15) is 9.61 Å². The van der Waals surface area contributed by atoms with Crippen LogP contribution in [0.3, 0.4) is 0 Å². The van der Waals surface area contributed by atoms with E-state index in [0.717, 1.165) is 38.6 Å². The minimum Gasteiger partial charge on any atom is -0.483 e. The van der Waals surface area contributed by atoms with E-state index in [9.17, 15) is 4.79 Å². The third-order valence-electron chi connectivity index (χ3n) is 5.57. The maximum absolute atomic E-state index is 12.6. The second-order valence-corrected chi connectivity index (χ2v) is 9.06. The molecular weight excluding hydrogens is 446 g/mol. The molecule has 0 aliphatic carbocycles. The summed E-state index contributed by atoms with van der Waals surface area (Å²) < 4.78 is 7.54. The van der Waals surface area contributed by atoms with Crippen LogP contribution in [0.2, 0.25) is 0 Å². The molecule has 5 aromatic rings. The topological polar surface area (TPSA) is 81.4 Å². The number of fused-ring (bicyclic) bond motifs is 1. The molecular formula is C26H23N5O2S. The minimum atomic E-state index is -0.224. The van der Waals surface area contributed by atoms with Crippen molar-refractivity contribution < 1.29 is 9.53 Å². The summed E-state index contributed by atoms with van der Waals surface area (Å²) in [7, 11) is 0. The second-order valence-electron chi connectivity index (χ2n) is 8.11. The van der Waals surface area contributed by atoms with Crippen LogP contribution < -0.4 is 10.1 Å². The summed E-state index contributed by atoms with van der Waals surface area (Å²) in [6, 6.07) is 19.4. The lowest BCUT2D eigenvalue weighted by Crippen LogP contribution is -2.20. The molecule has 34 heavy (non-hydrogen) atoms. The van der Waals surface area contributed by atoms with Gasteiger partial charge in [0, 0.05) is 11.3 Å². The number of carbonyl (C=O) groups is 1. The number of amides is 1. The van der Waals surface area contributed by atoms with Crippen LogP contribution in [0.1, 0.15) is 16.7 Å². The van der Waals surface area contributed by atoms with Gasteiger partial charge in [-0.3, -0.25) is 4.79 Å². The van der Waals surface area contributed by atoms with Crippen molar-refractivity contribution in [2.45, 2.75) is 20.8 Å². The molecule has 7 nitrogen and oxygen atoms in total. The Balaban J connectivity index is 1.33. The Hall–Kier alpha value is -4.04. The number of rotatable bonds is 6. The van der Waals surface area contributed by atoms with Crippen molar-refractivity contribution in [2.75, 3.05) is 11.9 Å². The average Bonchev–Trinajstić information content (AvgIpc) is 3.50. The molecule has 0 aliphatic heterocycles. The van der Waals surface area contributed by atoms with E-state index in [1.54, 1.807) is 15.9 Å². The van der Waals surface area contributed by atoms with Crippen LogP contribution in [-0.2, 0) is 4.79 Å². The summed E-state index contributed by atoms with van der Waals surface area (Å²) in [5.41, 5.74) is 6.26. The van der Waals surface area contributed by atoms with E-state index in [0.29, 0.717) is 17.2 Å². The molecule has 170 valence electrons. The zero-order valence-corrected chi connectivity index (χ0v) is 19.9. The third-order valence-corrected chi connectivity index (χ3v) is 6.44. The maximum Gasteiger partial charge on any atom is 0.262 e. The van der Waals surface area contributed by atoms with Gasteiger partial charge in [0.2, 0.25) is 0 Å². The highest BCUT2D eigenvalue weighted by molar-refractivity contribution is 7.13. The largest absolute Gasteiger partial charge is 0.483 e. The number of aromatic nitrogens is 4. The fourth-order valence-electron chi connectivity index (χ4n) is 3.75. The molecule has 3 aromatic heterocycles. The van der Waals surface area contributed by atoms with Gasteiger partial charge in [0.1, 0.15) is 5.75 Å². The van der Waals surface area contributed by atoms with Crippen molar-refractivity contribution in [1.82, 2.24) is 19.8 Å². The summed E-state index contributed by atoms with van der Waals surface area (Å²) in [6.07, 6.45) is 0. The molecule has 2 aromatic carbocycles. The van der Waals surface area contributed by atoms with E-state index in [-0.39, 0.29) is 12.5 Å². The molecule has 1 amide bonds. The molecule has 8 heteroatoms. The van der Waals surface area contributed by atoms with Crippen molar-refractivity contribution in [1.29, 1.82) is 0 Å². The summed E-state index contributed by atoms with van der Waals surface area (Å²) in [6.45, 7) is 5.98. The lowest BCUT2D eigenvalue weighted by molar-refractivity contribution is -0.118. The summed E-state index contributed by atoms with van der Waals surface area (Å²) in [5.74, 6) is 1.21. The van der Waals surface area contributed by atoms with Gasteiger partial charge in [-0.25, -0.2) is 0 Å². The number of anilines is 1. The van der Waals surface area contributed by atoms with Crippen LogP contribution in [0, 0.1) is 20.8 Å². The highest BCUT2D eigenvalue weighted by atomic mass is 32.1. The van der Waals surface area contributed by atoms with Gasteiger partial charge in [-0.1, -0.05) is 24.3 Å². The normalized spacial score (nSPS) is 11.0. The number of benzene rings is 2. The van der Waals surface area contributed by atoms with Crippen molar-refractivity contribution in [3.8, 4) is 27.7 Å². The molecule has 0 spiro atoms. The van der Waals surface area contributed by atoms with Gasteiger partial charge in [0.25, 0.3) is 5.91 Å². The summed E-state index contributed by atoms with van der Waals surface area (Å²) in [4.78, 5) is 13.6. The second kappa shape index (κ2) is 9.07. The Bertz CT molecular complexity index is 1490. The molecule has 0 unspecified atom stereocenters. The maximum atomic E-state index is 12.6. The van der Waals surface area contributed by atoms with Crippen LogP contribution in [0.25, 0.3) is 27.6 Å². The number of hydrogen-bond donors (Lipinski definition) is 1. The smallest absolute Gasteiger partial charge is 0.262 e. The van der Waals surface area contributed by atoms with Crippen molar-refractivity contribution in [2.24, 2.45) is 0 Å². The molecule has 0 fully saturated rings. The number of carbonyl (C=O) groups excluding carboxylic acids is 1. The van der Waals surface area contributed by atoms with Crippen molar-refractivity contribution >= 4 is 28.6 Å². The Morgan fingerprint density at radius 1 is 1.03 bits per heavy atom. The highest BCUT2D eigenvalue weighted by Gasteiger charge is 2.13. The number of ether oxygens (including phenoxy) is 1. The Morgan fingerprint density at radius 2 is 1.91 bits per heavy atom. The number of thiophene rings is 1. The molecule has 0 saturated carbocycles. The van der Waals surface area contributed by atoms with E-state index in [1.807, 2.05) is 80.7 Å². The number of nitrogens with zero attached hydrogens (tertiary/aromatic N) is 4. The van der Waals surface area contributed by atoms with Crippen LogP contribution in [0.4, 0.5) is 5.69 Å². The summed E-state index contributed by atoms with van der Waals surface area (Å²) >= 11 is 1.59. The lowest BCUT2D eigenvalue weighted by Gasteiger charge is -2.13. The molecule has 1 N–H and O–H groups in total. The van der Waals surface area contributed by atoms with Crippen molar-refractivity contribution in [3.05, 3.63) is 82.7 Å². The fraction of sp³-hybridized carbons (Fsp3) is 0.154. The molecule has 0 atom stereocenters. The number of aryl methyl sites for hydroxylation is 2. The minimum absolute atomic E-state index is 0.0664. The molecule has 0 bridgehead atoms. The first-order chi connectivity index (χ1) is 16.5. The van der Waals surface area contributed by atoms with Crippen LogP contribution >= 0.6 is 11.3 Å². The highest BCUT2D eigenvalue weighted by Crippen LogP contribution is 2.26. The quantitative estimate of drug-likeness (QED) is 0.357. The first-order valence-electron chi connectivity index (χ1n) is 10.9. The van der Waals surface area contributed by atoms with Gasteiger partial charge in [0.15, 0.2) is 18.1 Å². The van der Waals surface area contributed by atoms with Gasteiger partial charge in [-0.15, -0.1) is 21.5 Å². The first-order valence-corrected chi connectivity index (χ1v) is 11.7. The molecule has 3 heterocycles. The standard InChI is InChI=1S/C26H23N5O2S/c1-16-12-17(2)18(3)22(13-16)33-15-25(32)27-20-7-4-6-19(14-20)21-9-10-24-28-29-26(31(24)30-21)23-8-5-11-34-23/h4-14H,15H2,1-3H3,(H,27,32). The van der Waals surface area contributed by atoms with Gasteiger partial charge in [-0.05, 0) is 79.2 Å². The molecule has 5 rings (SSSR count). The number of nitrogens with one attached hydrogen (secondary N) is 1. The van der Waals surface area contributed by atoms with E-state index >= 15 is 0 Å². The average molecular weight is 470 g/mol. The SMILES string of the molecule is Cc1cc(C)c(C)c(OCC(=O)Nc2cccc(-c3ccc4nnc(-c5cccs5)n4n3)c2)c1. The Morgan fingerprint density at radius 3 is 2.74 bits per heavy atom. The van der Waals surface area contributed by atoms with E-state index in [4.69, 9.17) is 9.84 Å². The van der Waals surface area contributed by atoms with Crippen LogP contribution in [0.5, 0.6) is 5.75 Å². The predicted octanol–water partition coefficient (Wildman–Crippen LogP) is 5.46. The summed E-state index contributed by atoms with van der Waals surface area (Å²) in [5, 5.41) is 18.2. The monoisotopic (exact) mass is 469 g/mol. The first kappa shape index (κ1) is 21.8. The van der Waals surface area contributed by atoms with E-state index in [2.05, 4.69) is 21.6 Å². The Labute approximate surface area is 201 Å². The molecule has 0 aliphatic rings. The van der Waals surface area contributed by atoms with E-state index < -0.39 is 0 Å². The third kappa shape index (κ3) is 4.40.